The van der Waals surface area contributed by atoms with E-state index in [2.05, 4.69) is 0 Å². The molecule has 0 radical (unpaired) electrons. The second-order valence-electron chi connectivity index (χ2n) is 11.1. The maximum absolute atomic E-state index is 14.5. The number of piperidine rings is 1. The number of nitrogens with zero attached hydrogens (tertiary/aromatic N) is 3. The maximum Gasteiger partial charge on any atom is 0.415 e. The molecule has 3 fully saturated rings. The van der Waals surface area contributed by atoms with Crippen LogP contribution >= 0.6 is 11.6 Å². The molecular weight excluding hydrogens is 559 g/mol. The lowest BCUT2D eigenvalue weighted by Crippen LogP contribution is -2.49. The molecule has 5 rings (SSSR count). The van der Waals surface area contributed by atoms with Gasteiger partial charge in [0.05, 0.1) is 11.1 Å². The molecule has 7 nitrogen and oxygen atoms in total. The number of halogens is 4. The smallest absolute Gasteiger partial charge is 0.410 e. The number of ether oxygens (including phenoxy) is 1. The highest BCUT2D eigenvalue weighted by atomic mass is 35.5. The Labute approximate surface area is 242 Å². The van der Waals surface area contributed by atoms with Crippen LogP contribution < -0.4 is 4.74 Å². The molecule has 1 saturated carbocycles. The van der Waals surface area contributed by atoms with Gasteiger partial charge in [-0.15, -0.1) is 0 Å². The fourth-order valence-electron chi connectivity index (χ4n) is 6.13. The van der Waals surface area contributed by atoms with Crippen molar-refractivity contribution in [3.05, 3.63) is 64.7 Å². The molecule has 3 aliphatic rings. The van der Waals surface area contributed by atoms with Gasteiger partial charge in [0, 0.05) is 50.5 Å². The van der Waals surface area contributed by atoms with Crippen molar-refractivity contribution in [1.29, 1.82) is 0 Å². The first-order valence-corrected chi connectivity index (χ1v) is 14.4. The molecule has 2 aromatic carbocycles. The highest BCUT2D eigenvalue weighted by Gasteiger charge is 2.44. The molecular formula is C30H33ClF3N3O4. The van der Waals surface area contributed by atoms with Gasteiger partial charge in [0.15, 0.2) is 0 Å². The van der Waals surface area contributed by atoms with Gasteiger partial charge < -0.3 is 19.4 Å². The lowest BCUT2D eigenvalue weighted by atomic mass is 9.82. The third-order valence-electron chi connectivity index (χ3n) is 8.55. The number of likely N-dealkylation sites (N-methyl/N-ethyl adjacent to an activating group) is 1. The van der Waals surface area contributed by atoms with E-state index in [4.69, 9.17) is 16.3 Å². The number of hydrogen-bond donors (Lipinski definition) is 0. The Morgan fingerprint density at radius 1 is 0.951 bits per heavy atom. The van der Waals surface area contributed by atoms with E-state index in [0.29, 0.717) is 31.5 Å². The minimum absolute atomic E-state index is 0.0236. The molecule has 3 amide bonds. The number of benzene rings is 2. The van der Waals surface area contributed by atoms with E-state index in [-0.39, 0.29) is 66.9 Å². The molecule has 0 spiro atoms. The fraction of sp³-hybridized carbons (Fsp3) is 0.500. The van der Waals surface area contributed by atoms with Crippen LogP contribution in [0.3, 0.4) is 0 Å². The average Bonchev–Trinajstić information content (AvgIpc) is 3.38. The van der Waals surface area contributed by atoms with Crippen LogP contribution in [0.15, 0.2) is 42.5 Å². The second kappa shape index (κ2) is 12.3. The summed E-state index contributed by atoms with van der Waals surface area (Å²) in [5.41, 5.74) is 0.604. The van der Waals surface area contributed by atoms with Crippen LogP contribution in [0.25, 0.3) is 0 Å². The summed E-state index contributed by atoms with van der Waals surface area (Å²) in [5.74, 6) is -1.93. The quantitative estimate of drug-likeness (QED) is 0.450. The predicted octanol–water partition coefficient (Wildman–Crippen LogP) is 5.42. The molecule has 2 aromatic rings. The third-order valence-corrected chi connectivity index (χ3v) is 8.86. The standard InChI is InChI=1S/C30H33ClF3N3O4/c1-2-37(30(40)41-23-6-4-21(32)5-7-23)27-17-36(16-24(27)19-3-8-25(31)26(34)15-19)28(38)18-9-11-35(12-10-18)29(39)20-13-22(33)14-20/h3-8,15,18,20,22,24,27H,2,9-14,16-17H2,1H3/t20?,22?,24-,27+/m0/s1. The van der Waals surface area contributed by atoms with E-state index in [0.717, 1.165) is 0 Å². The Kier molecular flexibility index (Phi) is 8.77. The number of carbonyl (C=O) groups is 3. The summed E-state index contributed by atoms with van der Waals surface area (Å²) in [7, 11) is 0. The van der Waals surface area contributed by atoms with Gasteiger partial charge in [0.1, 0.15) is 23.6 Å². The van der Waals surface area contributed by atoms with E-state index < -0.39 is 35.9 Å². The minimum Gasteiger partial charge on any atom is -0.410 e. The van der Waals surface area contributed by atoms with Crippen molar-refractivity contribution in [2.45, 2.75) is 50.7 Å². The van der Waals surface area contributed by atoms with E-state index >= 15 is 0 Å². The predicted molar refractivity (Wildman–Crippen MR) is 146 cm³/mol. The number of rotatable bonds is 6. The Bertz CT molecular complexity index is 1280. The van der Waals surface area contributed by atoms with E-state index in [9.17, 15) is 27.6 Å². The molecule has 0 N–H and O–H groups in total. The minimum atomic E-state index is -0.899. The number of amides is 3. The monoisotopic (exact) mass is 591 g/mol. The largest absolute Gasteiger partial charge is 0.415 e. The maximum atomic E-state index is 14.5. The molecule has 2 aliphatic heterocycles. The Hall–Kier alpha value is -3.27. The molecule has 0 aromatic heterocycles. The number of carbonyl (C=O) groups excluding carboxylic acids is 3. The number of alkyl halides is 1. The zero-order valence-electron chi connectivity index (χ0n) is 22.8. The highest BCUT2D eigenvalue weighted by molar-refractivity contribution is 6.30. The molecule has 220 valence electrons. The van der Waals surface area contributed by atoms with Crippen LogP contribution in [-0.2, 0) is 9.59 Å². The Morgan fingerprint density at radius 2 is 1.61 bits per heavy atom. The van der Waals surface area contributed by atoms with Crippen molar-refractivity contribution >= 4 is 29.5 Å². The van der Waals surface area contributed by atoms with Gasteiger partial charge in [-0.1, -0.05) is 17.7 Å². The van der Waals surface area contributed by atoms with Crippen LogP contribution in [0.2, 0.25) is 5.02 Å². The SMILES string of the molecule is CCN(C(=O)Oc1ccc(F)cc1)[C@@H]1CN(C(=O)C2CCN(C(=O)C3CC(F)C3)CC2)C[C@H]1c1ccc(Cl)c(F)c1. The van der Waals surface area contributed by atoms with Gasteiger partial charge in [0.2, 0.25) is 11.8 Å². The van der Waals surface area contributed by atoms with Crippen LogP contribution in [0.1, 0.15) is 44.1 Å². The van der Waals surface area contributed by atoms with Crippen LogP contribution in [0, 0.1) is 23.5 Å². The first kappa shape index (κ1) is 29.2. The summed E-state index contributed by atoms with van der Waals surface area (Å²) in [6.07, 6.45) is -0.00208. The van der Waals surface area contributed by atoms with Crippen molar-refractivity contribution in [3.8, 4) is 5.75 Å². The zero-order valence-corrected chi connectivity index (χ0v) is 23.5. The molecule has 2 saturated heterocycles. The van der Waals surface area contributed by atoms with Crippen molar-refractivity contribution < 1.29 is 32.3 Å². The van der Waals surface area contributed by atoms with E-state index in [1.165, 1.54) is 41.3 Å². The third kappa shape index (κ3) is 6.32. The van der Waals surface area contributed by atoms with Crippen molar-refractivity contribution in [3.63, 3.8) is 0 Å². The Morgan fingerprint density at radius 3 is 2.22 bits per heavy atom. The lowest BCUT2D eigenvalue weighted by Gasteiger charge is -2.38. The summed E-state index contributed by atoms with van der Waals surface area (Å²) in [4.78, 5) is 44.5. The molecule has 0 unspecified atom stereocenters. The summed E-state index contributed by atoms with van der Waals surface area (Å²) in [6, 6.07) is 9.08. The van der Waals surface area contributed by atoms with Gasteiger partial charge in [-0.25, -0.2) is 18.0 Å². The molecule has 2 atom stereocenters. The van der Waals surface area contributed by atoms with Gasteiger partial charge in [-0.05, 0) is 74.6 Å². The van der Waals surface area contributed by atoms with Crippen molar-refractivity contribution in [2.75, 3.05) is 32.7 Å². The first-order chi connectivity index (χ1) is 19.6. The topological polar surface area (TPSA) is 70.2 Å². The van der Waals surface area contributed by atoms with Gasteiger partial charge in [-0.3, -0.25) is 9.59 Å². The summed E-state index contributed by atoms with van der Waals surface area (Å²) >= 11 is 5.92. The average molecular weight is 592 g/mol. The van der Waals surface area contributed by atoms with Crippen molar-refractivity contribution in [1.82, 2.24) is 14.7 Å². The Balaban J connectivity index is 1.30. The second-order valence-corrected chi connectivity index (χ2v) is 11.5. The van der Waals surface area contributed by atoms with Crippen LogP contribution in [0.5, 0.6) is 5.75 Å². The van der Waals surface area contributed by atoms with Gasteiger partial charge in [0.25, 0.3) is 0 Å². The fourth-order valence-corrected chi connectivity index (χ4v) is 6.24. The van der Waals surface area contributed by atoms with Crippen molar-refractivity contribution in [2.24, 2.45) is 11.8 Å². The molecule has 1 aliphatic carbocycles. The summed E-state index contributed by atoms with van der Waals surface area (Å²) in [6.45, 7) is 3.42. The van der Waals surface area contributed by atoms with Gasteiger partial charge in [-0.2, -0.15) is 0 Å². The lowest BCUT2D eigenvalue weighted by molar-refractivity contribution is -0.145. The van der Waals surface area contributed by atoms with Gasteiger partial charge >= 0.3 is 6.09 Å². The van der Waals surface area contributed by atoms with E-state index in [1.54, 1.807) is 22.8 Å². The van der Waals surface area contributed by atoms with E-state index in [1.807, 2.05) is 0 Å². The molecule has 2 heterocycles. The number of hydrogen-bond acceptors (Lipinski definition) is 4. The summed E-state index contributed by atoms with van der Waals surface area (Å²) in [5, 5.41) is -0.0236. The molecule has 41 heavy (non-hydrogen) atoms. The zero-order chi connectivity index (χ0) is 29.3. The summed E-state index contributed by atoms with van der Waals surface area (Å²) < 4.78 is 46.5. The highest BCUT2D eigenvalue weighted by Crippen LogP contribution is 2.36. The van der Waals surface area contributed by atoms with Crippen LogP contribution in [0.4, 0.5) is 18.0 Å². The first-order valence-electron chi connectivity index (χ1n) is 14.0. The normalized spacial score (nSPS) is 24.6. The number of likely N-dealkylation sites (tertiary alicyclic amines) is 2. The van der Waals surface area contributed by atoms with Crippen LogP contribution in [-0.4, -0.2) is 77.5 Å². The molecule has 0 bridgehead atoms. The molecule has 11 heteroatoms.